The summed E-state index contributed by atoms with van der Waals surface area (Å²) >= 11 is 0. The minimum atomic E-state index is -1.75. The van der Waals surface area contributed by atoms with Gasteiger partial charge in [0, 0.05) is 98.6 Å². The Bertz CT molecular complexity index is 673. The number of amides is 2. The number of nitrogens with zero attached hydrogens (tertiary/aromatic N) is 3. The molecule has 0 aromatic rings. The second-order valence-corrected chi connectivity index (χ2v) is 9.53. The van der Waals surface area contributed by atoms with Crippen molar-refractivity contribution in [2.75, 3.05) is 72.0 Å². The van der Waals surface area contributed by atoms with Crippen molar-refractivity contribution in [2.45, 2.75) is 57.7 Å². The van der Waals surface area contributed by atoms with Crippen LogP contribution in [-0.2, 0) is 24.2 Å². The van der Waals surface area contributed by atoms with Crippen molar-refractivity contribution in [3.63, 3.8) is 0 Å². The predicted molar refractivity (Wildman–Crippen MR) is 142 cm³/mol. The molecule has 0 spiro atoms. The van der Waals surface area contributed by atoms with Crippen LogP contribution in [0.4, 0.5) is 0 Å². The maximum absolute atomic E-state index is 12.6. The Morgan fingerprint density at radius 1 is 0.786 bits per heavy atom. The summed E-state index contributed by atoms with van der Waals surface area (Å²) in [5.74, 6) is -1.06. The standard InChI is InChI=1S/C26H49N5O10.Gd/c1-2-29(22-26(36)37)13-15-31(16-14-30(17-19-40-38)18-20-41-39)21-24(33)28-12-7-3-5-9-23(32)27-11-8-4-6-10-25(34)35;/h19-20,26,36,38-39H,1-18,21-22H2,(H,27,32)(H,28,33)(H,34,35);/q-4;/p-2. The second kappa shape index (κ2) is 30.4. The maximum Gasteiger partial charge on any atom is 0.303 e. The van der Waals surface area contributed by atoms with Crippen molar-refractivity contribution in [2.24, 2.45) is 0 Å². The zero-order chi connectivity index (χ0) is 30.7. The van der Waals surface area contributed by atoms with E-state index < -0.39 is 12.3 Å². The third-order valence-electron chi connectivity index (χ3n) is 6.16. The average molecular weight is 747 g/mol. The van der Waals surface area contributed by atoms with Gasteiger partial charge in [-0.2, -0.15) is 0 Å². The maximum atomic E-state index is 12.6. The van der Waals surface area contributed by atoms with Crippen molar-refractivity contribution in [1.82, 2.24) is 25.3 Å². The summed E-state index contributed by atoms with van der Waals surface area (Å²) in [7, 11) is 0. The molecule has 0 aliphatic rings. The van der Waals surface area contributed by atoms with E-state index in [9.17, 15) is 30.0 Å². The van der Waals surface area contributed by atoms with Gasteiger partial charge in [0.15, 0.2) is 0 Å². The Balaban J connectivity index is 0. The number of carboxylic acid groups (broad SMARTS) is 1. The fourth-order valence-electron chi connectivity index (χ4n) is 3.85. The van der Waals surface area contributed by atoms with Crippen molar-refractivity contribution in [1.29, 1.82) is 0 Å². The molecule has 0 aliphatic heterocycles. The first-order chi connectivity index (χ1) is 19.7. The smallest absolute Gasteiger partial charge is 0.303 e. The van der Waals surface area contributed by atoms with Gasteiger partial charge in [0.2, 0.25) is 11.8 Å². The number of aliphatic hydroxyl groups excluding tert-OH is 1. The molecular weight excluding hydrogens is 700 g/mol. The summed E-state index contributed by atoms with van der Waals surface area (Å²) in [6.07, 6.45) is 3.02. The molecule has 42 heavy (non-hydrogen) atoms. The Hall–Kier alpha value is -0.625. The third kappa shape index (κ3) is 28.2. The fraction of sp³-hybridized carbons (Fsp3) is 0.769. The van der Waals surface area contributed by atoms with Gasteiger partial charge in [-0.3, -0.25) is 19.3 Å². The van der Waals surface area contributed by atoms with Crippen LogP contribution in [0.15, 0.2) is 0 Å². The molecule has 0 heterocycles. The number of hydrogen-bond acceptors (Lipinski definition) is 12. The van der Waals surface area contributed by atoms with Crippen LogP contribution in [0.25, 0.3) is 0 Å². The van der Waals surface area contributed by atoms with Crippen LogP contribution >= 0.6 is 0 Å². The molecule has 1 atom stereocenters. The minimum absolute atomic E-state index is 0. The number of hydrogen-bond donors (Lipinski definition) is 4. The molecule has 0 saturated carbocycles. The zero-order valence-corrected chi connectivity index (χ0v) is 26.5. The largest absolute Gasteiger partial charge is 0.830 e. The summed E-state index contributed by atoms with van der Waals surface area (Å²) in [4.78, 5) is 47.7. The average Bonchev–Trinajstić information content (AvgIpc) is 2.93. The molecule has 15 nitrogen and oxygen atoms in total. The van der Waals surface area contributed by atoms with E-state index in [1.807, 2.05) is 4.90 Å². The first kappa shape index (κ1) is 43.5. The van der Waals surface area contributed by atoms with Gasteiger partial charge in [0.1, 0.15) is 0 Å². The number of carbonyl (C=O) groups is 3. The third-order valence-corrected chi connectivity index (χ3v) is 6.16. The van der Waals surface area contributed by atoms with Crippen molar-refractivity contribution < 1.29 is 89.9 Å². The molecule has 0 aromatic carbocycles. The first-order valence-electron chi connectivity index (χ1n) is 14.0. The number of carbonyl (C=O) groups excluding carboxylic acids is 2. The molecule has 0 saturated heterocycles. The van der Waals surface area contributed by atoms with Crippen LogP contribution in [0.3, 0.4) is 0 Å². The Morgan fingerprint density at radius 2 is 1.29 bits per heavy atom. The number of nitrogens with one attached hydrogen (secondary N) is 2. The predicted octanol–water partition coefficient (Wildman–Crippen LogP) is -3.25. The molecule has 0 fully saturated rings. The van der Waals surface area contributed by atoms with Crippen molar-refractivity contribution in [3.05, 3.63) is 20.1 Å². The summed E-state index contributed by atoms with van der Waals surface area (Å²) in [6.45, 7) is 8.94. The van der Waals surface area contributed by atoms with Crippen LogP contribution < -0.4 is 26.3 Å². The molecular formula is C26H47GdN5O10-6. The number of rotatable bonds is 29. The van der Waals surface area contributed by atoms with Gasteiger partial charge in [-0.1, -0.05) is 12.8 Å². The molecule has 0 radical (unpaired) electrons. The van der Waals surface area contributed by atoms with Crippen molar-refractivity contribution >= 4 is 17.8 Å². The number of aliphatic carboxylic acids is 1. The normalized spacial score (nSPS) is 12.0. The van der Waals surface area contributed by atoms with Gasteiger partial charge in [-0.25, -0.2) is 13.2 Å². The Labute approximate surface area is 281 Å². The Morgan fingerprint density at radius 3 is 1.79 bits per heavy atom. The van der Waals surface area contributed by atoms with Crippen LogP contribution in [0, 0.1) is 60.1 Å². The van der Waals surface area contributed by atoms with E-state index in [1.54, 1.807) is 9.80 Å². The molecule has 0 rings (SSSR count). The number of unbranched alkanes of at least 4 members (excludes halogenated alkanes) is 4. The van der Waals surface area contributed by atoms with E-state index in [-0.39, 0.29) is 84.4 Å². The van der Waals surface area contributed by atoms with Gasteiger partial charge >= 0.3 is 5.97 Å². The van der Waals surface area contributed by atoms with Gasteiger partial charge < -0.3 is 63.0 Å². The van der Waals surface area contributed by atoms with Gasteiger partial charge in [-0.15, -0.1) is 19.6 Å². The van der Waals surface area contributed by atoms with E-state index in [4.69, 9.17) is 10.2 Å². The summed E-state index contributed by atoms with van der Waals surface area (Å²) in [5.41, 5.74) is 0. The molecule has 2 amide bonds. The fourth-order valence-corrected chi connectivity index (χ4v) is 3.85. The van der Waals surface area contributed by atoms with E-state index in [0.29, 0.717) is 71.5 Å². The molecule has 0 aromatic heterocycles. The van der Waals surface area contributed by atoms with Gasteiger partial charge in [0.25, 0.3) is 0 Å². The van der Waals surface area contributed by atoms with E-state index in [0.717, 1.165) is 32.5 Å². The summed E-state index contributed by atoms with van der Waals surface area (Å²) in [6, 6.07) is 0. The summed E-state index contributed by atoms with van der Waals surface area (Å²) < 4.78 is 0. The molecule has 250 valence electrons. The van der Waals surface area contributed by atoms with Crippen molar-refractivity contribution in [3.8, 4) is 0 Å². The Kier molecular flexibility index (Phi) is 31.5. The van der Waals surface area contributed by atoms with Crippen LogP contribution in [0.2, 0.25) is 0 Å². The number of carboxylic acids is 1. The molecule has 1 unspecified atom stereocenters. The molecule has 4 N–H and O–H groups in total. The summed E-state index contributed by atoms with van der Waals surface area (Å²) in [5, 5.41) is 55.3. The monoisotopic (exact) mass is 747 g/mol. The van der Waals surface area contributed by atoms with Crippen LogP contribution in [-0.4, -0.2) is 121 Å². The minimum Gasteiger partial charge on any atom is -0.830 e. The van der Waals surface area contributed by atoms with E-state index in [1.165, 1.54) is 0 Å². The molecule has 0 aliphatic carbocycles. The second-order valence-electron chi connectivity index (χ2n) is 9.53. The van der Waals surface area contributed by atoms with Gasteiger partial charge in [-0.05, 0) is 32.0 Å². The molecule has 16 heteroatoms. The van der Waals surface area contributed by atoms with Gasteiger partial charge in [0.05, 0.1) is 6.54 Å². The zero-order valence-electron chi connectivity index (χ0n) is 24.2. The first-order valence-corrected chi connectivity index (χ1v) is 14.0. The topological polar surface area (TPSA) is 213 Å². The molecule has 0 bridgehead atoms. The number of aliphatic hydroxyl groups is 1. The van der Waals surface area contributed by atoms with E-state index >= 15 is 0 Å². The van der Waals surface area contributed by atoms with Crippen LogP contribution in [0.1, 0.15) is 51.4 Å². The van der Waals surface area contributed by atoms with E-state index in [2.05, 4.69) is 27.3 Å². The SMILES string of the molecule is [CH2-]CN(CCN(CCN(C[CH-]O[O-])C[CH-]O[O-])CC(=O)NCCCCCC(=O)NCCCCCC(=O)O)CC([O-])O.[Gd]. The quantitative estimate of drug-likeness (QED) is 0.0195. The van der Waals surface area contributed by atoms with Crippen LogP contribution in [0.5, 0.6) is 0 Å².